The Morgan fingerprint density at radius 2 is 1.02 bits per heavy atom. The summed E-state index contributed by atoms with van der Waals surface area (Å²) < 4.78 is 0. The van der Waals surface area contributed by atoms with Crippen molar-refractivity contribution < 1.29 is 23.3 Å². The Labute approximate surface area is 328 Å². The van der Waals surface area contributed by atoms with Gasteiger partial charge in [0.15, 0.2) is 0 Å². The number of benzene rings is 6. The fraction of sp³-hybridized carbons (Fsp3) is 0.0870. The van der Waals surface area contributed by atoms with Gasteiger partial charge in [-0.15, -0.1) is 87.8 Å². The van der Waals surface area contributed by atoms with Crippen molar-refractivity contribution in [1.82, 2.24) is 0 Å². The third-order valence-electron chi connectivity index (χ3n) is 8.68. The Morgan fingerprint density at radius 1 is 0.480 bits per heavy atom. The Bertz CT molecular complexity index is 2230. The van der Waals surface area contributed by atoms with E-state index < -0.39 is 0 Å². The van der Waals surface area contributed by atoms with Crippen LogP contribution in [0.4, 0.5) is 0 Å². The molecule has 254 valence electrons. The van der Waals surface area contributed by atoms with Gasteiger partial charge in [-0.25, -0.2) is 0 Å². The van der Waals surface area contributed by atoms with Crippen molar-refractivity contribution in [2.45, 2.75) is 26.7 Å². The topological polar surface area (TPSA) is 0 Å². The summed E-state index contributed by atoms with van der Waals surface area (Å²) in [5.74, 6) is 0.563. The van der Waals surface area contributed by atoms with Crippen LogP contribution in [-0.4, -0.2) is 6.88 Å². The predicted molar refractivity (Wildman–Crippen MR) is 225 cm³/mol. The maximum absolute atomic E-state index is 3.06. The SMILES string of the molecule is CC(C)c1cc2c(-c3cccc4ccccc34)cccc2[cH-]1.Cc1cc2c(-c3ccccc3)cc(-c3ccccc3)cc2[cH-]1.Cl.Cl.[CH3-].[CH3-].[Si]=[Zr]. The van der Waals surface area contributed by atoms with E-state index in [0.717, 1.165) is 0 Å². The second-order valence-electron chi connectivity index (χ2n) is 12.1. The summed E-state index contributed by atoms with van der Waals surface area (Å²) in [6.07, 6.45) is 0. The summed E-state index contributed by atoms with van der Waals surface area (Å²) in [7, 11) is 0. The average molecular weight is 787 g/mol. The van der Waals surface area contributed by atoms with E-state index in [4.69, 9.17) is 0 Å². The number of aryl methyl sites for hydroxylation is 1. The molecule has 8 aromatic rings. The standard InChI is InChI=1S/C22H19.C22H17.2CH3.2ClH.Si.Zr/c1-15(2)18-13-17-9-6-12-21(22(17)14-18)20-11-5-8-16-7-3-4-10-19(16)20;1-16-12-20-14-19(17-8-4-2-5-9-17)15-22(21(20)13-16)18-10-6-3-7-11-18;;;;;;/h3-15H,1-2H3;2-15H,1H3;2*1H3;2*1H;;/q4*-1;;;;. The molecule has 0 saturated carbocycles. The first kappa shape index (κ1) is 42.6. The van der Waals surface area contributed by atoms with Gasteiger partial charge in [-0.05, 0) is 33.4 Å². The van der Waals surface area contributed by atoms with Crippen molar-refractivity contribution >= 4 is 64.0 Å². The third kappa shape index (κ3) is 9.22. The van der Waals surface area contributed by atoms with Crippen molar-refractivity contribution in [2.24, 2.45) is 0 Å². The molecule has 0 fully saturated rings. The summed E-state index contributed by atoms with van der Waals surface area (Å²) in [5.41, 5.74) is 10.5. The van der Waals surface area contributed by atoms with Gasteiger partial charge < -0.3 is 14.9 Å². The van der Waals surface area contributed by atoms with Gasteiger partial charge in [-0.3, -0.25) is 0 Å². The molecule has 0 aromatic heterocycles. The maximum atomic E-state index is 3.06. The Hall–Kier alpha value is -3.52. The van der Waals surface area contributed by atoms with Crippen LogP contribution in [0.5, 0.6) is 0 Å². The number of fused-ring (bicyclic) bond motifs is 3. The molecule has 0 spiro atoms. The Morgan fingerprint density at radius 3 is 1.68 bits per heavy atom. The molecule has 0 aliphatic rings. The van der Waals surface area contributed by atoms with Crippen molar-refractivity contribution in [3.63, 3.8) is 0 Å². The van der Waals surface area contributed by atoms with Crippen molar-refractivity contribution in [3.8, 4) is 33.4 Å². The first-order chi connectivity index (χ1) is 22.5. The molecule has 0 aliphatic heterocycles. The molecule has 4 heteroatoms. The Kier molecular flexibility index (Phi) is 16.9. The van der Waals surface area contributed by atoms with Gasteiger partial charge in [0.1, 0.15) is 0 Å². The Balaban J connectivity index is 0.000000307. The molecule has 0 saturated heterocycles. The summed E-state index contributed by atoms with van der Waals surface area (Å²) in [4.78, 5) is 0. The van der Waals surface area contributed by atoms with E-state index in [1.165, 1.54) is 100 Å². The quantitative estimate of drug-likeness (QED) is 0.123. The van der Waals surface area contributed by atoms with E-state index >= 15 is 0 Å². The zero-order valence-corrected chi connectivity index (χ0v) is 34.5. The van der Waals surface area contributed by atoms with E-state index in [0.29, 0.717) is 5.92 Å². The molecule has 0 heterocycles. The number of hydrogen-bond acceptors (Lipinski definition) is 0. The first-order valence-electron chi connectivity index (χ1n) is 15.8. The van der Waals surface area contributed by atoms with Gasteiger partial charge in [-0.1, -0.05) is 153 Å². The molecule has 8 rings (SSSR count). The van der Waals surface area contributed by atoms with Gasteiger partial charge in [-0.2, -0.15) is 12.1 Å². The second kappa shape index (κ2) is 19.8. The third-order valence-corrected chi connectivity index (χ3v) is 8.68. The molecule has 0 N–H and O–H groups in total. The number of halogens is 2. The van der Waals surface area contributed by atoms with Crippen LogP contribution in [0, 0.1) is 21.8 Å². The minimum absolute atomic E-state index is 0. The normalized spacial score (nSPS) is 9.98. The fourth-order valence-corrected chi connectivity index (χ4v) is 6.41. The number of rotatable bonds is 4. The molecule has 8 aromatic carbocycles. The van der Waals surface area contributed by atoms with Crippen LogP contribution in [0.2, 0.25) is 0 Å². The van der Waals surface area contributed by atoms with E-state index in [1.807, 2.05) is 0 Å². The fourth-order valence-electron chi connectivity index (χ4n) is 6.41. The van der Waals surface area contributed by atoms with Crippen LogP contribution in [0.15, 0.2) is 158 Å². The van der Waals surface area contributed by atoms with Gasteiger partial charge in [0.05, 0.1) is 0 Å². The van der Waals surface area contributed by atoms with Crippen LogP contribution < -0.4 is 0 Å². The van der Waals surface area contributed by atoms with Gasteiger partial charge in [0.25, 0.3) is 0 Å². The molecule has 0 unspecified atom stereocenters. The minimum atomic E-state index is 0. The molecular weight excluding hydrogens is 743 g/mol. The summed E-state index contributed by atoms with van der Waals surface area (Å²) >= 11 is 1.36. The summed E-state index contributed by atoms with van der Waals surface area (Å²) in [6, 6.07) is 56.9. The molecule has 0 aliphatic carbocycles. The van der Waals surface area contributed by atoms with Crippen LogP contribution in [-0.2, 0) is 23.3 Å². The van der Waals surface area contributed by atoms with Crippen LogP contribution >= 0.6 is 24.8 Å². The second-order valence-corrected chi connectivity index (χ2v) is 12.1. The molecule has 0 bridgehead atoms. The van der Waals surface area contributed by atoms with Gasteiger partial charge >= 0.3 is 30.2 Å². The average Bonchev–Trinajstić information content (AvgIpc) is 3.73. The van der Waals surface area contributed by atoms with E-state index in [1.54, 1.807) is 0 Å². The molecule has 50 heavy (non-hydrogen) atoms. The van der Waals surface area contributed by atoms with Crippen LogP contribution in [0.25, 0.3) is 65.7 Å². The molecule has 0 nitrogen and oxygen atoms in total. The van der Waals surface area contributed by atoms with Gasteiger partial charge in [0.2, 0.25) is 0 Å². The first-order valence-corrected chi connectivity index (χ1v) is 20.0. The number of hydrogen-bond donors (Lipinski definition) is 0. The van der Waals surface area contributed by atoms with Crippen molar-refractivity contribution in [3.05, 3.63) is 184 Å². The summed E-state index contributed by atoms with van der Waals surface area (Å²) in [6.45, 7) is 9.74. The van der Waals surface area contributed by atoms with Crippen molar-refractivity contribution in [2.75, 3.05) is 0 Å². The molecule has 0 amide bonds. The van der Waals surface area contributed by atoms with E-state index in [-0.39, 0.29) is 39.7 Å². The van der Waals surface area contributed by atoms with Gasteiger partial charge in [0, 0.05) is 0 Å². The van der Waals surface area contributed by atoms with E-state index in [2.05, 4.69) is 185 Å². The monoisotopic (exact) mass is 784 g/mol. The summed E-state index contributed by atoms with van der Waals surface area (Å²) in [5, 5.41) is 7.98. The van der Waals surface area contributed by atoms with Crippen molar-refractivity contribution in [1.29, 1.82) is 0 Å². The molecule has 2 radical (unpaired) electrons. The zero-order valence-electron chi connectivity index (χ0n) is 29.4. The van der Waals surface area contributed by atoms with Crippen LogP contribution in [0.1, 0.15) is 30.9 Å². The molecular formula is C46H44Cl2SiZr-4. The zero-order chi connectivity index (χ0) is 32.0. The van der Waals surface area contributed by atoms with E-state index in [9.17, 15) is 0 Å². The van der Waals surface area contributed by atoms with Crippen LogP contribution in [0.3, 0.4) is 0 Å². The molecule has 0 atom stereocenters. The predicted octanol–water partition coefficient (Wildman–Crippen LogP) is 14.1.